The summed E-state index contributed by atoms with van der Waals surface area (Å²) in [5, 5.41) is 2.87. The van der Waals surface area contributed by atoms with Gasteiger partial charge in [-0.3, -0.25) is 9.69 Å². The number of halogens is 2. The summed E-state index contributed by atoms with van der Waals surface area (Å²) in [5.74, 6) is -0.00805. The van der Waals surface area contributed by atoms with E-state index >= 15 is 0 Å². The largest absolute Gasteiger partial charge is 0.377 e. The number of fused-ring (bicyclic) bond motifs is 1. The Morgan fingerprint density at radius 3 is 3.09 bits per heavy atom. The Morgan fingerprint density at radius 2 is 2.35 bits per heavy atom. The van der Waals surface area contributed by atoms with Gasteiger partial charge in [0.15, 0.2) is 0 Å². The highest BCUT2D eigenvalue weighted by atomic mass is 35.5. The summed E-state index contributed by atoms with van der Waals surface area (Å²) in [6, 6.07) is 4.88. The molecule has 2 fully saturated rings. The minimum atomic E-state index is -0.386. The number of nitrogens with one attached hydrogen (secondary N) is 1. The first-order valence-electron chi connectivity index (χ1n) is 8.06. The quantitative estimate of drug-likeness (QED) is 0.919. The molecule has 126 valence electrons. The molecule has 1 aromatic carbocycles. The zero-order chi connectivity index (χ0) is 16.4. The fourth-order valence-electron chi connectivity index (χ4n) is 3.63. The Kier molecular flexibility index (Phi) is 5.19. The second-order valence-electron chi connectivity index (χ2n) is 6.45. The summed E-state index contributed by atoms with van der Waals surface area (Å²) in [6.07, 6.45) is 2.09. The minimum absolute atomic E-state index is 0.0542. The molecule has 0 saturated carbocycles. The van der Waals surface area contributed by atoms with Gasteiger partial charge in [-0.05, 0) is 36.5 Å². The predicted octanol–water partition coefficient (Wildman–Crippen LogP) is 2.45. The number of ether oxygens (including phenoxy) is 1. The van der Waals surface area contributed by atoms with E-state index in [0.29, 0.717) is 12.5 Å². The molecule has 0 spiro atoms. The third kappa shape index (κ3) is 3.84. The van der Waals surface area contributed by atoms with E-state index in [9.17, 15) is 9.18 Å². The maximum absolute atomic E-state index is 13.3. The molecule has 2 aliphatic rings. The molecule has 0 bridgehead atoms. The number of amides is 1. The van der Waals surface area contributed by atoms with Crippen LogP contribution in [0.5, 0.6) is 0 Å². The lowest BCUT2D eigenvalue weighted by molar-refractivity contribution is -0.138. The van der Waals surface area contributed by atoms with Crippen molar-refractivity contribution in [2.45, 2.75) is 25.5 Å². The van der Waals surface area contributed by atoms with Crippen molar-refractivity contribution in [1.82, 2.24) is 10.2 Å². The van der Waals surface area contributed by atoms with Gasteiger partial charge in [-0.25, -0.2) is 4.39 Å². The van der Waals surface area contributed by atoms with Crippen LogP contribution in [0.1, 0.15) is 18.4 Å². The highest BCUT2D eigenvalue weighted by Crippen LogP contribution is 2.32. The first kappa shape index (κ1) is 16.7. The fourth-order valence-corrected chi connectivity index (χ4v) is 3.83. The average Bonchev–Trinajstić information content (AvgIpc) is 2.57. The predicted molar refractivity (Wildman–Crippen MR) is 86.7 cm³/mol. The van der Waals surface area contributed by atoms with Gasteiger partial charge in [0, 0.05) is 26.7 Å². The van der Waals surface area contributed by atoms with Gasteiger partial charge in [-0.15, -0.1) is 0 Å². The van der Waals surface area contributed by atoms with Crippen molar-refractivity contribution in [1.29, 1.82) is 0 Å². The highest BCUT2D eigenvalue weighted by molar-refractivity contribution is 6.30. The molecule has 0 radical (unpaired) electrons. The Balaban J connectivity index is 1.61. The molecule has 2 heterocycles. The molecule has 2 aliphatic heterocycles. The lowest BCUT2D eigenvalue weighted by Crippen LogP contribution is -2.49. The van der Waals surface area contributed by atoms with Gasteiger partial charge in [-0.2, -0.15) is 0 Å². The number of nitrogens with zero attached hydrogens (tertiary/aromatic N) is 1. The fraction of sp³-hybridized carbons (Fsp3) is 0.588. The summed E-state index contributed by atoms with van der Waals surface area (Å²) in [4.78, 5) is 14.2. The van der Waals surface area contributed by atoms with Gasteiger partial charge in [0.2, 0.25) is 5.91 Å². The van der Waals surface area contributed by atoms with Crippen LogP contribution >= 0.6 is 11.6 Å². The van der Waals surface area contributed by atoms with E-state index in [1.165, 1.54) is 6.07 Å². The van der Waals surface area contributed by atoms with Crippen molar-refractivity contribution in [2.75, 3.05) is 26.7 Å². The lowest BCUT2D eigenvalue weighted by atomic mass is 9.83. The molecule has 3 rings (SSSR count). The Morgan fingerprint density at radius 1 is 1.52 bits per heavy atom. The third-order valence-corrected chi connectivity index (χ3v) is 5.14. The Hall–Kier alpha value is -1.17. The molecule has 4 nitrogen and oxygen atoms in total. The number of hydrogen-bond acceptors (Lipinski definition) is 3. The van der Waals surface area contributed by atoms with Crippen LogP contribution in [-0.2, 0) is 16.1 Å². The summed E-state index contributed by atoms with van der Waals surface area (Å²) >= 11 is 5.85. The molecule has 1 N–H and O–H groups in total. The molecule has 0 aromatic heterocycles. The van der Waals surface area contributed by atoms with E-state index in [-0.39, 0.29) is 28.8 Å². The van der Waals surface area contributed by atoms with E-state index in [0.717, 1.165) is 38.0 Å². The Bertz CT molecular complexity index is 584. The minimum Gasteiger partial charge on any atom is -0.377 e. The molecule has 1 amide bonds. The van der Waals surface area contributed by atoms with E-state index in [4.69, 9.17) is 16.3 Å². The van der Waals surface area contributed by atoms with Crippen LogP contribution in [-0.4, -0.2) is 43.7 Å². The van der Waals surface area contributed by atoms with Crippen LogP contribution in [0.25, 0.3) is 0 Å². The summed E-state index contributed by atoms with van der Waals surface area (Å²) < 4.78 is 19.1. The molecule has 2 saturated heterocycles. The lowest BCUT2D eigenvalue weighted by Gasteiger charge is -2.43. The summed E-state index contributed by atoms with van der Waals surface area (Å²) in [7, 11) is 1.67. The molecular formula is C17H22ClFN2O2. The summed E-state index contributed by atoms with van der Waals surface area (Å²) in [5.41, 5.74) is 1.01. The molecule has 6 heteroatoms. The number of hydrogen-bond donors (Lipinski definition) is 1. The molecule has 0 aliphatic carbocycles. The van der Waals surface area contributed by atoms with Crippen molar-refractivity contribution in [3.8, 4) is 0 Å². The number of benzene rings is 1. The SMILES string of the molecule is CNC(=O)[C@@H]1CO[C@@H]2CCN(Cc3ccc(F)c(Cl)c3)C[C@@H]2C1. The van der Waals surface area contributed by atoms with E-state index < -0.39 is 0 Å². The topological polar surface area (TPSA) is 41.6 Å². The number of rotatable bonds is 3. The monoisotopic (exact) mass is 340 g/mol. The smallest absolute Gasteiger partial charge is 0.225 e. The molecule has 23 heavy (non-hydrogen) atoms. The highest BCUT2D eigenvalue weighted by Gasteiger charge is 2.37. The first-order valence-corrected chi connectivity index (χ1v) is 8.44. The zero-order valence-electron chi connectivity index (χ0n) is 13.2. The van der Waals surface area contributed by atoms with Gasteiger partial charge in [-0.1, -0.05) is 17.7 Å². The van der Waals surface area contributed by atoms with Gasteiger partial charge < -0.3 is 10.1 Å². The van der Waals surface area contributed by atoms with Crippen molar-refractivity contribution in [3.05, 3.63) is 34.6 Å². The number of carbonyl (C=O) groups excluding carboxylic acids is 1. The standard InChI is InChI=1S/C17H22ClFN2O2/c1-20-17(22)13-7-12-9-21(5-4-16(12)23-10-13)8-11-2-3-15(19)14(18)6-11/h2-3,6,12-13,16H,4-5,7-10H2,1H3,(H,20,22)/t12-,13-,16+/m0/s1. The second kappa shape index (κ2) is 7.16. The van der Waals surface area contributed by atoms with Gasteiger partial charge >= 0.3 is 0 Å². The van der Waals surface area contributed by atoms with Crippen LogP contribution in [0.3, 0.4) is 0 Å². The zero-order valence-corrected chi connectivity index (χ0v) is 14.0. The number of piperidine rings is 1. The maximum atomic E-state index is 13.3. The van der Waals surface area contributed by atoms with Gasteiger partial charge in [0.05, 0.1) is 23.7 Å². The van der Waals surface area contributed by atoms with Gasteiger partial charge in [0.25, 0.3) is 0 Å². The van der Waals surface area contributed by atoms with Crippen LogP contribution in [0.15, 0.2) is 18.2 Å². The number of likely N-dealkylation sites (tertiary alicyclic amines) is 1. The van der Waals surface area contributed by atoms with E-state index in [1.54, 1.807) is 19.2 Å². The van der Waals surface area contributed by atoms with Crippen LogP contribution in [0, 0.1) is 17.7 Å². The first-order chi connectivity index (χ1) is 11.1. The molecular weight excluding hydrogens is 319 g/mol. The van der Waals surface area contributed by atoms with E-state index in [1.807, 2.05) is 0 Å². The normalized spacial score (nSPS) is 28.2. The molecule has 3 atom stereocenters. The van der Waals surface area contributed by atoms with Crippen molar-refractivity contribution in [2.24, 2.45) is 11.8 Å². The second-order valence-corrected chi connectivity index (χ2v) is 6.86. The van der Waals surface area contributed by atoms with Crippen LogP contribution in [0.4, 0.5) is 4.39 Å². The Labute approximate surface area is 140 Å². The van der Waals surface area contributed by atoms with Crippen LogP contribution < -0.4 is 5.32 Å². The van der Waals surface area contributed by atoms with Gasteiger partial charge in [0.1, 0.15) is 5.82 Å². The van der Waals surface area contributed by atoms with Crippen molar-refractivity contribution >= 4 is 17.5 Å². The van der Waals surface area contributed by atoms with Crippen molar-refractivity contribution in [3.63, 3.8) is 0 Å². The van der Waals surface area contributed by atoms with Crippen molar-refractivity contribution < 1.29 is 13.9 Å². The molecule has 0 unspecified atom stereocenters. The maximum Gasteiger partial charge on any atom is 0.225 e. The average molecular weight is 341 g/mol. The van der Waals surface area contributed by atoms with E-state index in [2.05, 4.69) is 10.2 Å². The number of carbonyl (C=O) groups is 1. The summed E-state index contributed by atoms with van der Waals surface area (Å²) in [6.45, 7) is 3.11. The molecule has 1 aromatic rings. The van der Waals surface area contributed by atoms with Crippen LogP contribution in [0.2, 0.25) is 5.02 Å². The third-order valence-electron chi connectivity index (χ3n) is 4.85.